The summed E-state index contributed by atoms with van der Waals surface area (Å²) in [4.78, 5) is 25.4. The number of nitrogens with zero attached hydrogens (tertiary/aromatic N) is 1. The lowest BCUT2D eigenvalue weighted by Gasteiger charge is -2.16. The molecule has 4 nitrogen and oxygen atoms in total. The Morgan fingerprint density at radius 1 is 1.26 bits per heavy atom. The van der Waals surface area contributed by atoms with E-state index in [0.717, 1.165) is 12.8 Å². The minimum absolute atomic E-state index is 0.0412. The van der Waals surface area contributed by atoms with Crippen molar-refractivity contribution in [3.63, 3.8) is 0 Å². The highest BCUT2D eigenvalue weighted by atomic mass is 19.1. The second-order valence-corrected chi connectivity index (χ2v) is 5.16. The first-order valence-electron chi connectivity index (χ1n) is 6.50. The number of anilines is 1. The Kier molecular flexibility index (Phi) is 2.97. The normalized spacial score (nSPS) is 22.7. The van der Waals surface area contributed by atoms with E-state index < -0.39 is 0 Å². The Balaban J connectivity index is 1.68. The smallest absolute Gasteiger partial charge is 0.227 e. The standard InChI is InChI=1S/C14H15FN2O2/c15-10-1-5-12(6-2-10)17-8-9(7-13(17)18)14(19)16-11-3-4-11/h1-2,5-6,9,11H,3-4,7-8H2,(H,16,19)/t9-/m0/s1. The molecular weight excluding hydrogens is 247 g/mol. The van der Waals surface area contributed by atoms with Gasteiger partial charge in [-0.1, -0.05) is 0 Å². The third-order valence-electron chi connectivity index (χ3n) is 3.56. The number of nitrogens with one attached hydrogen (secondary N) is 1. The van der Waals surface area contributed by atoms with E-state index >= 15 is 0 Å². The molecule has 0 radical (unpaired) electrons. The van der Waals surface area contributed by atoms with Crippen molar-refractivity contribution in [1.29, 1.82) is 0 Å². The van der Waals surface area contributed by atoms with Crippen molar-refractivity contribution in [3.05, 3.63) is 30.1 Å². The predicted octanol–water partition coefficient (Wildman–Crippen LogP) is 1.46. The van der Waals surface area contributed by atoms with E-state index in [9.17, 15) is 14.0 Å². The highest BCUT2D eigenvalue weighted by Gasteiger charge is 2.36. The van der Waals surface area contributed by atoms with Crippen molar-refractivity contribution in [1.82, 2.24) is 5.32 Å². The molecule has 3 rings (SSSR count). The average molecular weight is 262 g/mol. The lowest BCUT2D eigenvalue weighted by Crippen LogP contribution is -2.34. The van der Waals surface area contributed by atoms with Crippen LogP contribution in [0.15, 0.2) is 24.3 Å². The molecule has 2 fully saturated rings. The quantitative estimate of drug-likeness (QED) is 0.896. The first kappa shape index (κ1) is 12.1. The van der Waals surface area contributed by atoms with E-state index in [1.165, 1.54) is 12.1 Å². The summed E-state index contributed by atoms with van der Waals surface area (Å²) in [6.45, 7) is 0.378. The molecule has 0 spiro atoms. The number of benzene rings is 1. The second kappa shape index (κ2) is 4.64. The van der Waals surface area contributed by atoms with Crippen molar-refractivity contribution in [2.75, 3.05) is 11.4 Å². The molecule has 1 saturated carbocycles. The fourth-order valence-corrected chi connectivity index (χ4v) is 2.30. The maximum atomic E-state index is 12.9. The number of carbonyl (C=O) groups is 2. The third-order valence-corrected chi connectivity index (χ3v) is 3.56. The monoisotopic (exact) mass is 262 g/mol. The predicted molar refractivity (Wildman–Crippen MR) is 68.0 cm³/mol. The van der Waals surface area contributed by atoms with Crippen LogP contribution in [0.1, 0.15) is 19.3 Å². The molecule has 2 aliphatic rings. The van der Waals surface area contributed by atoms with Gasteiger partial charge in [0.25, 0.3) is 0 Å². The lowest BCUT2D eigenvalue weighted by atomic mass is 10.1. The van der Waals surface area contributed by atoms with Crippen LogP contribution in [0.2, 0.25) is 0 Å². The number of carbonyl (C=O) groups excluding carboxylic acids is 2. The largest absolute Gasteiger partial charge is 0.353 e. The molecule has 0 unspecified atom stereocenters. The molecule has 1 aromatic rings. The molecule has 2 amide bonds. The third kappa shape index (κ3) is 2.59. The molecule has 100 valence electrons. The van der Waals surface area contributed by atoms with Crippen LogP contribution in [0.5, 0.6) is 0 Å². The summed E-state index contributed by atoms with van der Waals surface area (Å²) in [5, 5.41) is 2.92. The molecule has 1 aliphatic carbocycles. The molecule has 1 saturated heterocycles. The van der Waals surface area contributed by atoms with Crippen LogP contribution in [0.25, 0.3) is 0 Å². The van der Waals surface area contributed by atoms with E-state index in [0.29, 0.717) is 18.3 Å². The van der Waals surface area contributed by atoms with Crippen LogP contribution >= 0.6 is 0 Å². The fourth-order valence-electron chi connectivity index (χ4n) is 2.30. The minimum atomic E-state index is -0.335. The molecule has 1 heterocycles. The van der Waals surface area contributed by atoms with Crippen molar-refractivity contribution < 1.29 is 14.0 Å². The highest BCUT2D eigenvalue weighted by molar-refractivity contribution is 6.00. The molecular formula is C14H15FN2O2. The van der Waals surface area contributed by atoms with Gasteiger partial charge in [0.2, 0.25) is 11.8 Å². The van der Waals surface area contributed by atoms with Crippen LogP contribution < -0.4 is 10.2 Å². The van der Waals surface area contributed by atoms with Gasteiger partial charge in [-0.05, 0) is 37.1 Å². The number of hydrogen-bond acceptors (Lipinski definition) is 2. The lowest BCUT2D eigenvalue weighted by molar-refractivity contribution is -0.126. The Labute approximate surface area is 110 Å². The summed E-state index contributed by atoms with van der Waals surface area (Å²) in [6, 6.07) is 6.07. The Morgan fingerprint density at radius 3 is 2.58 bits per heavy atom. The molecule has 5 heteroatoms. The molecule has 1 aliphatic heterocycles. The van der Waals surface area contributed by atoms with Crippen molar-refractivity contribution in [3.8, 4) is 0 Å². The van der Waals surface area contributed by atoms with Gasteiger partial charge in [0.15, 0.2) is 0 Å². The van der Waals surface area contributed by atoms with Gasteiger partial charge in [0.05, 0.1) is 5.92 Å². The zero-order valence-electron chi connectivity index (χ0n) is 10.4. The molecule has 19 heavy (non-hydrogen) atoms. The summed E-state index contributed by atoms with van der Waals surface area (Å²) in [6.07, 6.45) is 2.30. The van der Waals surface area contributed by atoms with Gasteiger partial charge in [-0.15, -0.1) is 0 Å². The van der Waals surface area contributed by atoms with Crippen molar-refractivity contribution in [2.24, 2.45) is 5.92 Å². The van der Waals surface area contributed by atoms with Gasteiger partial charge in [-0.2, -0.15) is 0 Å². The topological polar surface area (TPSA) is 49.4 Å². The van der Waals surface area contributed by atoms with E-state index in [1.807, 2.05) is 0 Å². The molecule has 0 aromatic heterocycles. The van der Waals surface area contributed by atoms with E-state index in [1.54, 1.807) is 17.0 Å². The summed E-state index contributed by atoms with van der Waals surface area (Å²) in [5.74, 6) is -0.750. The summed E-state index contributed by atoms with van der Waals surface area (Å²) in [7, 11) is 0. The molecule has 1 N–H and O–H groups in total. The minimum Gasteiger partial charge on any atom is -0.353 e. The van der Waals surface area contributed by atoms with Crippen molar-refractivity contribution in [2.45, 2.75) is 25.3 Å². The van der Waals surface area contributed by atoms with E-state index in [4.69, 9.17) is 0 Å². The average Bonchev–Trinajstić information content (AvgIpc) is 3.11. The molecule has 1 atom stereocenters. The van der Waals surface area contributed by atoms with Gasteiger partial charge in [0, 0.05) is 24.7 Å². The maximum Gasteiger partial charge on any atom is 0.227 e. The van der Waals surface area contributed by atoms with Crippen molar-refractivity contribution >= 4 is 17.5 Å². The van der Waals surface area contributed by atoms with Gasteiger partial charge in [0.1, 0.15) is 5.82 Å². The van der Waals surface area contributed by atoms with E-state index in [2.05, 4.69) is 5.32 Å². The van der Waals surface area contributed by atoms with Crippen LogP contribution in [0.4, 0.5) is 10.1 Å². The fraction of sp³-hybridized carbons (Fsp3) is 0.429. The highest BCUT2D eigenvalue weighted by Crippen LogP contribution is 2.26. The molecule has 0 bridgehead atoms. The van der Waals surface area contributed by atoms with E-state index in [-0.39, 0.29) is 30.0 Å². The summed E-state index contributed by atoms with van der Waals surface area (Å²) < 4.78 is 12.9. The number of hydrogen-bond donors (Lipinski definition) is 1. The first-order chi connectivity index (χ1) is 9.13. The first-order valence-corrected chi connectivity index (χ1v) is 6.50. The van der Waals surface area contributed by atoms with Gasteiger partial charge >= 0.3 is 0 Å². The zero-order chi connectivity index (χ0) is 13.4. The number of rotatable bonds is 3. The maximum absolute atomic E-state index is 12.9. The Bertz CT molecular complexity index is 511. The Morgan fingerprint density at radius 2 is 1.95 bits per heavy atom. The number of amides is 2. The van der Waals surface area contributed by atoms with Crippen LogP contribution in [0.3, 0.4) is 0 Å². The van der Waals surface area contributed by atoms with Crippen LogP contribution in [-0.4, -0.2) is 24.4 Å². The molecule has 1 aromatic carbocycles. The van der Waals surface area contributed by atoms with Crippen LogP contribution in [0, 0.1) is 11.7 Å². The van der Waals surface area contributed by atoms with Gasteiger partial charge < -0.3 is 10.2 Å². The Hall–Kier alpha value is -1.91. The van der Waals surface area contributed by atoms with Gasteiger partial charge in [-0.3, -0.25) is 9.59 Å². The number of halogens is 1. The van der Waals surface area contributed by atoms with Gasteiger partial charge in [-0.25, -0.2) is 4.39 Å². The van der Waals surface area contributed by atoms with Crippen LogP contribution in [-0.2, 0) is 9.59 Å². The zero-order valence-corrected chi connectivity index (χ0v) is 10.4. The summed E-state index contributed by atoms with van der Waals surface area (Å²) >= 11 is 0. The SMILES string of the molecule is O=C(NC1CC1)[C@H]1CC(=O)N(c2ccc(F)cc2)C1. The summed E-state index contributed by atoms with van der Waals surface area (Å²) in [5.41, 5.74) is 0.646. The second-order valence-electron chi connectivity index (χ2n) is 5.16.